The van der Waals surface area contributed by atoms with E-state index in [2.05, 4.69) is 20.3 Å². The molecule has 8 heteroatoms. The maximum Gasteiger partial charge on any atom is 0.269 e. The predicted molar refractivity (Wildman–Crippen MR) is 105 cm³/mol. The highest BCUT2D eigenvalue weighted by atomic mass is 35.5. The molecule has 0 unspecified atom stereocenters. The van der Waals surface area contributed by atoms with Crippen LogP contribution >= 0.6 is 11.6 Å². The van der Waals surface area contributed by atoms with Gasteiger partial charge in [0.15, 0.2) is 0 Å². The lowest BCUT2D eigenvalue weighted by molar-refractivity contribution is 0.0921. The van der Waals surface area contributed by atoms with E-state index >= 15 is 0 Å². The van der Waals surface area contributed by atoms with Crippen molar-refractivity contribution in [2.75, 3.05) is 18.0 Å². The Morgan fingerprint density at radius 2 is 2.00 bits per heavy atom. The minimum atomic E-state index is -0.0704. The Labute approximate surface area is 162 Å². The molecule has 0 radical (unpaired) electrons. The zero-order valence-corrected chi connectivity index (χ0v) is 16.1. The fourth-order valence-corrected chi connectivity index (χ4v) is 3.63. The SMILES string of the molecule is Cc1cc(C(=O)NC2CCN(c3cnc4cc(Cl)ccc4n3)CC2)n(C)n1. The van der Waals surface area contributed by atoms with E-state index in [1.165, 1.54) is 0 Å². The smallest absolute Gasteiger partial charge is 0.269 e. The molecule has 0 spiro atoms. The molecular formula is C19H21ClN6O. The van der Waals surface area contributed by atoms with E-state index in [9.17, 15) is 4.79 Å². The van der Waals surface area contributed by atoms with Gasteiger partial charge in [-0.05, 0) is 44.0 Å². The van der Waals surface area contributed by atoms with Crippen molar-refractivity contribution in [2.24, 2.45) is 7.05 Å². The van der Waals surface area contributed by atoms with Gasteiger partial charge in [0.2, 0.25) is 0 Å². The molecule has 7 nitrogen and oxygen atoms in total. The minimum absolute atomic E-state index is 0.0704. The molecule has 2 aromatic heterocycles. The summed E-state index contributed by atoms with van der Waals surface area (Å²) in [5.74, 6) is 0.788. The lowest BCUT2D eigenvalue weighted by atomic mass is 10.0. The summed E-state index contributed by atoms with van der Waals surface area (Å²) in [6, 6.07) is 7.48. The number of halogens is 1. The first-order valence-electron chi connectivity index (χ1n) is 8.98. The zero-order chi connectivity index (χ0) is 19.0. The zero-order valence-electron chi connectivity index (χ0n) is 15.3. The van der Waals surface area contributed by atoms with Gasteiger partial charge in [-0.1, -0.05) is 11.6 Å². The van der Waals surface area contributed by atoms with Crippen LogP contribution in [0.3, 0.4) is 0 Å². The Morgan fingerprint density at radius 3 is 2.70 bits per heavy atom. The topological polar surface area (TPSA) is 75.9 Å². The number of nitrogens with zero attached hydrogens (tertiary/aromatic N) is 5. The van der Waals surface area contributed by atoms with Crippen LogP contribution in [-0.2, 0) is 7.05 Å². The fourth-order valence-electron chi connectivity index (χ4n) is 3.46. The molecule has 1 aliphatic heterocycles. The van der Waals surface area contributed by atoms with Gasteiger partial charge < -0.3 is 10.2 Å². The second kappa shape index (κ2) is 7.15. The molecular weight excluding hydrogens is 364 g/mol. The van der Waals surface area contributed by atoms with Gasteiger partial charge in [-0.25, -0.2) is 4.98 Å². The second-order valence-corrected chi connectivity index (χ2v) is 7.33. The Hall–Kier alpha value is -2.67. The molecule has 1 N–H and O–H groups in total. The van der Waals surface area contributed by atoms with E-state index in [0.717, 1.165) is 48.5 Å². The highest BCUT2D eigenvalue weighted by molar-refractivity contribution is 6.31. The first-order chi connectivity index (χ1) is 13.0. The van der Waals surface area contributed by atoms with Crippen LogP contribution in [0.2, 0.25) is 5.02 Å². The molecule has 27 heavy (non-hydrogen) atoms. The highest BCUT2D eigenvalue weighted by Gasteiger charge is 2.23. The number of anilines is 1. The number of nitrogens with one attached hydrogen (secondary N) is 1. The number of hydrogen-bond acceptors (Lipinski definition) is 5. The standard InChI is InChI=1S/C19H21ClN6O/c1-12-9-17(25(2)24-12)19(27)22-14-5-7-26(8-6-14)18-11-21-16-10-13(20)3-4-15(16)23-18/h3-4,9-11,14H,5-8H2,1-2H3,(H,22,27). The van der Waals surface area contributed by atoms with Crippen LogP contribution in [0, 0.1) is 6.92 Å². The minimum Gasteiger partial charge on any atom is -0.355 e. The second-order valence-electron chi connectivity index (χ2n) is 6.89. The molecule has 1 aromatic carbocycles. The Balaban J connectivity index is 1.39. The number of benzene rings is 1. The number of hydrogen-bond donors (Lipinski definition) is 1. The van der Waals surface area contributed by atoms with Crippen molar-refractivity contribution < 1.29 is 4.79 Å². The van der Waals surface area contributed by atoms with Crippen LogP contribution in [0.1, 0.15) is 29.0 Å². The molecule has 1 fully saturated rings. The van der Waals surface area contributed by atoms with Gasteiger partial charge in [-0.15, -0.1) is 0 Å². The monoisotopic (exact) mass is 384 g/mol. The molecule has 1 aliphatic rings. The lowest BCUT2D eigenvalue weighted by Crippen LogP contribution is -2.45. The summed E-state index contributed by atoms with van der Waals surface area (Å²) in [5.41, 5.74) is 3.06. The maximum atomic E-state index is 12.5. The normalized spacial score (nSPS) is 15.3. The first-order valence-corrected chi connectivity index (χ1v) is 9.36. The molecule has 1 saturated heterocycles. The van der Waals surface area contributed by atoms with E-state index in [1.807, 2.05) is 25.1 Å². The molecule has 3 aromatic rings. The molecule has 3 heterocycles. The van der Waals surface area contributed by atoms with Crippen molar-refractivity contribution in [2.45, 2.75) is 25.8 Å². The van der Waals surface area contributed by atoms with Crippen LogP contribution in [0.25, 0.3) is 11.0 Å². The number of fused-ring (bicyclic) bond motifs is 1. The van der Waals surface area contributed by atoms with Crippen LogP contribution < -0.4 is 10.2 Å². The van der Waals surface area contributed by atoms with Gasteiger partial charge in [-0.2, -0.15) is 5.10 Å². The average Bonchev–Trinajstić information content (AvgIpc) is 3.00. The number of aromatic nitrogens is 4. The van der Waals surface area contributed by atoms with Crippen molar-refractivity contribution in [3.63, 3.8) is 0 Å². The van der Waals surface area contributed by atoms with E-state index in [-0.39, 0.29) is 11.9 Å². The molecule has 1 amide bonds. The number of piperidine rings is 1. The van der Waals surface area contributed by atoms with E-state index in [0.29, 0.717) is 10.7 Å². The van der Waals surface area contributed by atoms with E-state index < -0.39 is 0 Å². The fraction of sp³-hybridized carbons (Fsp3) is 0.368. The molecule has 4 rings (SSSR count). The van der Waals surface area contributed by atoms with Crippen LogP contribution in [0.15, 0.2) is 30.5 Å². The van der Waals surface area contributed by atoms with Crippen LogP contribution in [-0.4, -0.2) is 44.8 Å². The predicted octanol–water partition coefficient (Wildman–Crippen LogP) is 2.72. The number of aryl methyl sites for hydroxylation is 2. The third-order valence-corrected chi connectivity index (χ3v) is 5.12. The number of carbonyl (C=O) groups is 1. The van der Waals surface area contributed by atoms with Crippen molar-refractivity contribution in [3.8, 4) is 0 Å². The Kier molecular flexibility index (Phi) is 4.70. The molecule has 0 bridgehead atoms. The van der Waals surface area contributed by atoms with Gasteiger partial charge >= 0.3 is 0 Å². The summed E-state index contributed by atoms with van der Waals surface area (Å²) in [5, 5.41) is 8.01. The van der Waals surface area contributed by atoms with Crippen LogP contribution in [0.4, 0.5) is 5.82 Å². The third kappa shape index (κ3) is 3.73. The average molecular weight is 385 g/mol. The molecule has 0 atom stereocenters. The quantitative estimate of drug-likeness (QED) is 0.751. The third-order valence-electron chi connectivity index (χ3n) is 4.88. The first kappa shape index (κ1) is 17.7. The largest absolute Gasteiger partial charge is 0.355 e. The summed E-state index contributed by atoms with van der Waals surface area (Å²) in [6.07, 6.45) is 3.52. The maximum absolute atomic E-state index is 12.5. The van der Waals surface area contributed by atoms with E-state index in [4.69, 9.17) is 16.6 Å². The van der Waals surface area contributed by atoms with E-state index in [1.54, 1.807) is 24.0 Å². The van der Waals surface area contributed by atoms with Crippen molar-refractivity contribution in [1.29, 1.82) is 0 Å². The van der Waals surface area contributed by atoms with Crippen LogP contribution in [0.5, 0.6) is 0 Å². The number of carbonyl (C=O) groups excluding carboxylic acids is 1. The summed E-state index contributed by atoms with van der Waals surface area (Å²) >= 11 is 6.00. The Morgan fingerprint density at radius 1 is 1.22 bits per heavy atom. The molecule has 0 saturated carbocycles. The van der Waals surface area contributed by atoms with Gasteiger partial charge in [0.25, 0.3) is 5.91 Å². The number of rotatable bonds is 3. The number of amides is 1. The highest BCUT2D eigenvalue weighted by Crippen LogP contribution is 2.22. The van der Waals surface area contributed by atoms with Crippen molar-refractivity contribution in [1.82, 2.24) is 25.1 Å². The summed E-state index contributed by atoms with van der Waals surface area (Å²) < 4.78 is 1.62. The molecule has 0 aliphatic carbocycles. The Bertz CT molecular complexity index is 993. The van der Waals surface area contributed by atoms with Gasteiger partial charge in [0.05, 0.1) is 22.9 Å². The van der Waals surface area contributed by atoms with Gasteiger partial charge in [-0.3, -0.25) is 14.5 Å². The van der Waals surface area contributed by atoms with Crippen molar-refractivity contribution >= 4 is 34.4 Å². The summed E-state index contributed by atoms with van der Waals surface area (Å²) in [7, 11) is 1.79. The summed E-state index contributed by atoms with van der Waals surface area (Å²) in [6.45, 7) is 3.53. The van der Waals surface area contributed by atoms with Gasteiger partial charge in [0.1, 0.15) is 11.5 Å². The lowest BCUT2D eigenvalue weighted by Gasteiger charge is -2.33. The molecule has 140 valence electrons. The van der Waals surface area contributed by atoms with Gasteiger partial charge in [0, 0.05) is 31.2 Å². The summed E-state index contributed by atoms with van der Waals surface area (Å²) in [4.78, 5) is 23.8. The van der Waals surface area contributed by atoms with Crippen molar-refractivity contribution in [3.05, 3.63) is 46.9 Å².